The fourth-order valence-electron chi connectivity index (χ4n) is 2.73. The molecule has 1 aliphatic rings. The van der Waals surface area contributed by atoms with Crippen LogP contribution in [0.5, 0.6) is 0 Å². The lowest BCUT2D eigenvalue weighted by atomic mass is 10.0. The first-order chi connectivity index (χ1) is 10.6. The number of aryl methyl sites for hydroxylation is 1. The summed E-state index contributed by atoms with van der Waals surface area (Å²) >= 11 is 0. The van der Waals surface area contributed by atoms with Gasteiger partial charge in [0.2, 0.25) is 5.91 Å². The molecular weight excluding hydrogens is 282 g/mol. The minimum Gasteiger partial charge on any atom is -0.478 e. The summed E-state index contributed by atoms with van der Waals surface area (Å²) in [6.07, 6.45) is 4.08. The molecule has 1 fully saturated rings. The number of rotatable bonds is 7. The number of amides is 1. The number of carboxylic acids is 1. The van der Waals surface area contributed by atoms with Crippen LogP contribution in [0.15, 0.2) is 24.3 Å². The predicted molar refractivity (Wildman–Crippen MR) is 82.9 cm³/mol. The Bertz CT molecular complexity index is 506. The Balaban J connectivity index is 1.80. The van der Waals surface area contributed by atoms with Gasteiger partial charge >= 0.3 is 5.97 Å². The molecule has 1 saturated heterocycles. The van der Waals surface area contributed by atoms with E-state index in [9.17, 15) is 9.59 Å². The number of carbonyl (C=O) groups is 2. The van der Waals surface area contributed by atoms with Crippen LogP contribution < -0.4 is 5.32 Å². The van der Waals surface area contributed by atoms with Gasteiger partial charge in [-0.2, -0.15) is 0 Å². The van der Waals surface area contributed by atoms with Crippen LogP contribution in [0.25, 0.3) is 0 Å². The van der Waals surface area contributed by atoms with Gasteiger partial charge in [-0.1, -0.05) is 19.1 Å². The molecule has 1 aromatic rings. The van der Waals surface area contributed by atoms with E-state index in [4.69, 9.17) is 9.84 Å². The summed E-state index contributed by atoms with van der Waals surface area (Å²) in [7, 11) is 0. The molecule has 1 amide bonds. The van der Waals surface area contributed by atoms with Gasteiger partial charge in [-0.15, -0.1) is 0 Å². The van der Waals surface area contributed by atoms with Crippen molar-refractivity contribution in [2.75, 3.05) is 6.61 Å². The van der Waals surface area contributed by atoms with E-state index in [2.05, 4.69) is 12.2 Å². The van der Waals surface area contributed by atoms with Gasteiger partial charge < -0.3 is 15.2 Å². The average molecular weight is 305 g/mol. The number of hydrogen-bond donors (Lipinski definition) is 2. The molecule has 5 heteroatoms. The second-order valence-corrected chi connectivity index (χ2v) is 5.64. The molecule has 0 bridgehead atoms. The largest absolute Gasteiger partial charge is 0.478 e. The Hall–Kier alpha value is -1.88. The number of carbonyl (C=O) groups excluding carboxylic acids is 1. The zero-order chi connectivity index (χ0) is 15.9. The number of ether oxygens (including phenoxy) is 1. The van der Waals surface area contributed by atoms with Gasteiger partial charge in [0, 0.05) is 13.0 Å². The third-order valence-corrected chi connectivity index (χ3v) is 4.04. The predicted octanol–water partition coefficient (Wildman–Crippen LogP) is 2.39. The average Bonchev–Trinajstić information content (AvgIpc) is 3.05. The maximum atomic E-state index is 12.1. The molecule has 2 N–H and O–H groups in total. The van der Waals surface area contributed by atoms with Gasteiger partial charge in [-0.3, -0.25) is 4.79 Å². The van der Waals surface area contributed by atoms with Crippen molar-refractivity contribution in [3.05, 3.63) is 35.4 Å². The zero-order valence-electron chi connectivity index (χ0n) is 12.9. The summed E-state index contributed by atoms with van der Waals surface area (Å²) in [6.45, 7) is 2.84. The van der Waals surface area contributed by atoms with Crippen molar-refractivity contribution in [3.8, 4) is 0 Å². The molecule has 2 unspecified atom stereocenters. The molecule has 1 aromatic carbocycles. The normalized spacial score (nSPS) is 18.9. The van der Waals surface area contributed by atoms with Crippen LogP contribution in [-0.4, -0.2) is 35.7 Å². The highest BCUT2D eigenvalue weighted by molar-refractivity contribution is 5.87. The van der Waals surface area contributed by atoms with E-state index in [1.807, 2.05) is 0 Å². The van der Waals surface area contributed by atoms with Crippen LogP contribution >= 0.6 is 0 Å². The fraction of sp³-hybridized carbons (Fsp3) is 0.529. The molecule has 2 atom stereocenters. The molecule has 0 spiro atoms. The van der Waals surface area contributed by atoms with E-state index in [-0.39, 0.29) is 23.6 Å². The second kappa shape index (κ2) is 7.94. The number of benzene rings is 1. The van der Waals surface area contributed by atoms with Crippen LogP contribution in [0.4, 0.5) is 0 Å². The van der Waals surface area contributed by atoms with Crippen molar-refractivity contribution in [3.63, 3.8) is 0 Å². The monoisotopic (exact) mass is 305 g/mol. The van der Waals surface area contributed by atoms with E-state index in [1.54, 1.807) is 24.3 Å². The number of aromatic carboxylic acids is 1. The van der Waals surface area contributed by atoms with Gasteiger partial charge in [-0.25, -0.2) is 4.79 Å². The van der Waals surface area contributed by atoms with E-state index in [0.717, 1.165) is 31.4 Å². The first-order valence-electron chi connectivity index (χ1n) is 7.83. The lowest BCUT2D eigenvalue weighted by Crippen LogP contribution is -2.42. The van der Waals surface area contributed by atoms with E-state index < -0.39 is 5.97 Å². The summed E-state index contributed by atoms with van der Waals surface area (Å²) < 4.78 is 5.63. The zero-order valence-corrected chi connectivity index (χ0v) is 12.9. The smallest absolute Gasteiger partial charge is 0.335 e. The minimum atomic E-state index is -0.938. The highest BCUT2D eigenvalue weighted by Gasteiger charge is 2.25. The Morgan fingerprint density at radius 3 is 2.64 bits per heavy atom. The summed E-state index contributed by atoms with van der Waals surface area (Å²) in [5.74, 6) is -0.920. The molecule has 0 saturated carbocycles. The van der Waals surface area contributed by atoms with Gasteiger partial charge in [0.1, 0.15) is 0 Å². The maximum Gasteiger partial charge on any atom is 0.335 e. The van der Waals surface area contributed by atoms with Crippen LogP contribution in [0.2, 0.25) is 0 Å². The van der Waals surface area contributed by atoms with Crippen molar-refractivity contribution in [1.29, 1.82) is 0 Å². The Morgan fingerprint density at radius 2 is 2.09 bits per heavy atom. The van der Waals surface area contributed by atoms with Gasteiger partial charge in [0.15, 0.2) is 0 Å². The van der Waals surface area contributed by atoms with Crippen LogP contribution in [-0.2, 0) is 16.0 Å². The Kier molecular flexibility index (Phi) is 5.95. The third kappa shape index (κ3) is 4.56. The topological polar surface area (TPSA) is 75.6 Å². The number of carboxylic acid groups (broad SMARTS) is 1. The van der Waals surface area contributed by atoms with Crippen LogP contribution in [0, 0.1) is 0 Å². The first kappa shape index (κ1) is 16.5. The molecule has 22 heavy (non-hydrogen) atoms. The standard InChI is InChI=1S/C17H23NO4/c1-2-14(15-4-3-11-22-15)18-16(19)10-7-12-5-8-13(9-6-12)17(20)21/h5-6,8-9,14-15H,2-4,7,10-11H2,1H3,(H,18,19)(H,20,21). The quantitative estimate of drug-likeness (QED) is 0.811. The van der Waals surface area contributed by atoms with Gasteiger partial charge in [0.05, 0.1) is 17.7 Å². The summed E-state index contributed by atoms with van der Waals surface area (Å²) in [5, 5.41) is 11.9. The van der Waals surface area contributed by atoms with E-state index >= 15 is 0 Å². The van der Waals surface area contributed by atoms with Crippen molar-refractivity contribution in [2.24, 2.45) is 0 Å². The Labute approximate surface area is 130 Å². The lowest BCUT2D eigenvalue weighted by molar-refractivity contribution is -0.122. The van der Waals surface area contributed by atoms with Gasteiger partial charge in [-0.05, 0) is 43.4 Å². The summed E-state index contributed by atoms with van der Waals surface area (Å²) in [6, 6.07) is 6.74. The summed E-state index contributed by atoms with van der Waals surface area (Å²) in [5.41, 5.74) is 1.22. The van der Waals surface area contributed by atoms with Crippen LogP contribution in [0.3, 0.4) is 0 Å². The van der Waals surface area contributed by atoms with E-state index in [1.165, 1.54) is 0 Å². The molecule has 0 radical (unpaired) electrons. The minimum absolute atomic E-state index is 0.0182. The molecule has 0 aromatic heterocycles. The highest BCUT2D eigenvalue weighted by atomic mass is 16.5. The summed E-state index contributed by atoms with van der Waals surface area (Å²) in [4.78, 5) is 22.8. The van der Waals surface area contributed by atoms with Gasteiger partial charge in [0.25, 0.3) is 0 Å². The van der Waals surface area contributed by atoms with Crippen molar-refractivity contribution in [2.45, 2.75) is 51.2 Å². The second-order valence-electron chi connectivity index (χ2n) is 5.64. The maximum absolute atomic E-state index is 12.1. The molecular formula is C17H23NO4. The Morgan fingerprint density at radius 1 is 1.36 bits per heavy atom. The van der Waals surface area contributed by atoms with Crippen molar-refractivity contribution < 1.29 is 19.4 Å². The third-order valence-electron chi connectivity index (χ3n) is 4.04. The molecule has 2 rings (SSSR count). The fourth-order valence-corrected chi connectivity index (χ4v) is 2.73. The molecule has 1 heterocycles. The number of hydrogen-bond acceptors (Lipinski definition) is 3. The highest BCUT2D eigenvalue weighted by Crippen LogP contribution is 2.17. The van der Waals surface area contributed by atoms with Crippen LogP contribution in [0.1, 0.15) is 48.5 Å². The van der Waals surface area contributed by atoms with E-state index in [0.29, 0.717) is 12.8 Å². The molecule has 5 nitrogen and oxygen atoms in total. The van der Waals surface area contributed by atoms with Crippen molar-refractivity contribution in [1.82, 2.24) is 5.32 Å². The van der Waals surface area contributed by atoms with Crippen molar-refractivity contribution >= 4 is 11.9 Å². The SMILES string of the molecule is CCC(NC(=O)CCc1ccc(C(=O)O)cc1)C1CCCO1. The number of nitrogens with one attached hydrogen (secondary N) is 1. The molecule has 1 aliphatic heterocycles. The molecule has 120 valence electrons. The first-order valence-corrected chi connectivity index (χ1v) is 7.83. The molecule has 0 aliphatic carbocycles. The lowest BCUT2D eigenvalue weighted by Gasteiger charge is -2.22.